The maximum absolute atomic E-state index is 12.9. The smallest absolute Gasteiger partial charge is 0.330 e. The molecule has 1 amide bonds. The van der Waals surface area contributed by atoms with E-state index in [1.165, 1.54) is 9.47 Å². The highest BCUT2D eigenvalue weighted by molar-refractivity contribution is 6.31. The average molecular weight is 413 g/mol. The zero-order valence-electron chi connectivity index (χ0n) is 15.9. The maximum atomic E-state index is 12.9. The van der Waals surface area contributed by atoms with Gasteiger partial charge in [-0.15, -0.1) is 0 Å². The normalized spacial score (nSPS) is 10.7. The van der Waals surface area contributed by atoms with Crippen LogP contribution in [0.15, 0.2) is 64.2 Å². The molecule has 0 atom stereocenters. The fraction of sp³-hybridized carbons (Fsp3) is 0.190. The molecule has 3 aromatic rings. The molecule has 8 heteroatoms. The number of hydrogen-bond acceptors (Lipinski definition) is 4. The highest BCUT2D eigenvalue weighted by Crippen LogP contribution is 2.21. The van der Waals surface area contributed by atoms with E-state index in [0.717, 1.165) is 5.56 Å². The van der Waals surface area contributed by atoms with Gasteiger partial charge < -0.3 is 10.6 Å². The number of likely N-dealkylation sites (N-methyl/N-ethyl adjacent to an activating group) is 1. The molecule has 0 unspecified atom stereocenters. The van der Waals surface area contributed by atoms with E-state index < -0.39 is 11.2 Å². The van der Waals surface area contributed by atoms with E-state index in [2.05, 4.69) is 4.98 Å². The van der Waals surface area contributed by atoms with Gasteiger partial charge in [-0.1, -0.05) is 60.1 Å². The number of aromatic amines is 1. The fourth-order valence-corrected chi connectivity index (χ4v) is 3.32. The van der Waals surface area contributed by atoms with Gasteiger partial charge in [0.05, 0.1) is 13.0 Å². The van der Waals surface area contributed by atoms with Crippen LogP contribution in [0.3, 0.4) is 0 Å². The number of halogens is 1. The Balaban J connectivity index is 2.00. The molecule has 2 aromatic carbocycles. The van der Waals surface area contributed by atoms with Gasteiger partial charge in [0.15, 0.2) is 5.69 Å². The van der Waals surface area contributed by atoms with Gasteiger partial charge in [0.1, 0.15) is 5.82 Å². The largest absolute Gasteiger partial charge is 0.383 e. The molecule has 0 radical (unpaired) electrons. The molecule has 0 aliphatic heterocycles. The van der Waals surface area contributed by atoms with Crippen molar-refractivity contribution in [2.75, 3.05) is 17.2 Å². The van der Waals surface area contributed by atoms with Crippen LogP contribution in [0, 0.1) is 0 Å². The minimum Gasteiger partial charge on any atom is -0.383 e. The van der Waals surface area contributed by atoms with E-state index in [0.29, 0.717) is 10.6 Å². The van der Waals surface area contributed by atoms with Crippen molar-refractivity contribution >= 4 is 29.0 Å². The maximum Gasteiger partial charge on any atom is 0.330 e. The van der Waals surface area contributed by atoms with Gasteiger partial charge in [0.25, 0.3) is 5.56 Å². The summed E-state index contributed by atoms with van der Waals surface area (Å²) in [5.41, 5.74) is 6.30. The Kier molecular flexibility index (Phi) is 6.19. The Morgan fingerprint density at radius 1 is 1.10 bits per heavy atom. The van der Waals surface area contributed by atoms with Gasteiger partial charge >= 0.3 is 5.69 Å². The van der Waals surface area contributed by atoms with Crippen molar-refractivity contribution in [3.8, 4) is 0 Å². The van der Waals surface area contributed by atoms with Crippen molar-refractivity contribution in [1.82, 2.24) is 9.55 Å². The Bertz CT molecular complexity index is 1140. The molecular formula is C21H21ClN4O3. The number of carbonyl (C=O) groups is 1. The van der Waals surface area contributed by atoms with Crippen LogP contribution in [0.5, 0.6) is 0 Å². The summed E-state index contributed by atoms with van der Waals surface area (Å²) in [6.45, 7) is 2.11. The van der Waals surface area contributed by atoms with Crippen LogP contribution in [0.4, 0.5) is 11.5 Å². The van der Waals surface area contributed by atoms with Gasteiger partial charge in [0.2, 0.25) is 5.91 Å². The van der Waals surface area contributed by atoms with Crippen molar-refractivity contribution in [1.29, 1.82) is 0 Å². The lowest BCUT2D eigenvalue weighted by Crippen LogP contribution is -2.41. The predicted octanol–water partition coefficient (Wildman–Crippen LogP) is 2.42. The van der Waals surface area contributed by atoms with Crippen LogP contribution >= 0.6 is 11.6 Å². The van der Waals surface area contributed by atoms with Crippen LogP contribution in [-0.4, -0.2) is 22.0 Å². The van der Waals surface area contributed by atoms with E-state index in [9.17, 15) is 14.4 Å². The highest BCUT2D eigenvalue weighted by atomic mass is 35.5. The van der Waals surface area contributed by atoms with Crippen LogP contribution < -0.4 is 21.9 Å². The van der Waals surface area contributed by atoms with Crippen molar-refractivity contribution in [2.24, 2.45) is 0 Å². The SMILES string of the molecule is CCN(C(=O)Cc1ccccc1Cl)c1c(N)n(Cc2ccccc2)c(=O)[nH]c1=O. The molecule has 0 spiro atoms. The third kappa shape index (κ3) is 4.41. The molecule has 3 rings (SSSR count). The van der Waals surface area contributed by atoms with Gasteiger partial charge in [-0.05, 0) is 24.1 Å². The summed E-state index contributed by atoms with van der Waals surface area (Å²) >= 11 is 6.15. The van der Waals surface area contributed by atoms with E-state index in [1.54, 1.807) is 31.2 Å². The molecule has 150 valence electrons. The Morgan fingerprint density at radius 2 is 1.76 bits per heavy atom. The monoisotopic (exact) mass is 412 g/mol. The van der Waals surface area contributed by atoms with Gasteiger partial charge in [-0.3, -0.25) is 19.1 Å². The number of nitrogen functional groups attached to an aromatic ring is 1. The number of nitrogens with one attached hydrogen (secondary N) is 1. The number of rotatable bonds is 6. The molecule has 0 bridgehead atoms. The van der Waals surface area contributed by atoms with Crippen LogP contribution in [-0.2, 0) is 17.8 Å². The Hall–Kier alpha value is -3.32. The zero-order chi connectivity index (χ0) is 21.0. The second kappa shape index (κ2) is 8.79. The summed E-state index contributed by atoms with van der Waals surface area (Å²) in [5, 5.41) is 0.466. The molecular weight excluding hydrogens is 392 g/mol. The minimum absolute atomic E-state index is 0.00417. The number of anilines is 2. The molecule has 1 aromatic heterocycles. The molecule has 0 fully saturated rings. The standard InChI is InChI=1S/C21H21ClN4O3/c1-2-25(17(27)12-15-10-6-7-11-16(15)22)18-19(23)26(21(29)24-20(18)28)13-14-8-4-3-5-9-14/h3-11H,2,12-13,23H2,1H3,(H,24,28,29). The first-order valence-corrected chi connectivity index (χ1v) is 9.50. The van der Waals surface area contributed by atoms with Crippen molar-refractivity contribution in [3.63, 3.8) is 0 Å². The second-order valence-electron chi connectivity index (χ2n) is 6.47. The molecule has 3 N–H and O–H groups in total. The molecule has 0 saturated carbocycles. The molecule has 29 heavy (non-hydrogen) atoms. The quantitative estimate of drug-likeness (QED) is 0.649. The van der Waals surface area contributed by atoms with Crippen molar-refractivity contribution in [3.05, 3.63) is 91.6 Å². The second-order valence-corrected chi connectivity index (χ2v) is 6.88. The minimum atomic E-state index is -0.703. The Labute approximate surface area is 172 Å². The lowest BCUT2D eigenvalue weighted by Gasteiger charge is -2.23. The number of carbonyl (C=O) groups excluding carboxylic acids is 1. The first kappa shape index (κ1) is 20.4. The van der Waals surface area contributed by atoms with Gasteiger partial charge in [-0.25, -0.2) is 4.79 Å². The first-order chi connectivity index (χ1) is 13.9. The number of benzene rings is 2. The third-order valence-electron chi connectivity index (χ3n) is 4.58. The zero-order valence-corrected chi connectivity index (χ0v) is 16.6. The fourth-order valence-electron chi connectivity index (χ4n) is 3.12. The summed E-state index contributed by atoms with van der Waals surface area (Å²) in [6, 6.07) is 16.2. The van der Waals surface area contributed by atoms with Crippen LogP contribution in [0.2, 0.25) is 5.02 Å². The summed E-state index contributed by atoms with van der Waals surface area (Å²) in [7, 11) is 0. The van der Waals surface area contributed by atoms with Crippen molar-refractivity contribution in [2.45, 2.75) is 19.9 Å². The average Bonchev–Trinajstić information content (AvgIpc) is 2.70. The molecule has 7 nitrogen and oxygen atoms in total. The molecule has 0 aliphatic carbocycles. The topological polar surface area (TPSA) is 101 Å². The van der Waals surface area contributed by atoms with E-state index in [1.807, 2.05) is 30.3 Å². The third-order valence-corrected chi connectivity index (χ3v) is 4.95. The summed E-state index contributed by atoms with van der Waals surface area (Å²) < 4.78 is 1.25. The summed E-state index contributed by atoms with van der Waals surface area (Å²) in [4.78, 5) is 41.3. The van der Waals surface area contributed by atoms with Gasteiger partial charge in [-0.2, -0.15) is 0 Å². The number of H-pyrrole nitrogens is 1. The van der Waals surface area contributed by atoms with E-state index in [4.69, 9.17) is 17.3 Å². The first-order valence-electron chi connectivity index (χ1n) is 9.12. The molecule has 0 aliphatic rings. The highest BCUT2D eigenvalue weighted by Gasteiger charge is 2.23. The number of hydrogen-bond donors (Lipinski definition) is 2. The number of nitrogens with zero attached hydrogens (tertiary/aromatic N) is 2. The lowest BCUT2D eigenvalue weighted by atomic mass is 10.1. The summed E-state index contributed by atoms with van der Waals surface area (Å²) in [5.74, 6) is -0.403. The number of amides is 1. The number of nitrogens with two attached hydrogens (primary N) is 1. The van der Waals surface area contributed by atoms with Crippen molar-refractivity contribution < 1.29 is 4.79 Å². The molecule has 0 saturated heterocycles. The van der Waals surface area contributed by atoms with Gasteiger partial charge in [0, 0.05) is 11.6 Å². The van der Waals surface area contributed by atoms with E-state index >= 15 is 0 Å². The number of aromatic nitrogens is 2. The Morgan fingerprint density at radius 3 is 2.41 bits per heavy atom. The summed E-state index contributed by atoms with van der Waals surface area (Å²) in [6.07, 6.45) is 0.00417. The van der Waals surface area contributed by atoms with E-state index in [-0.39, 0.29) is 36.9 Å². The predicted molar refractivity (Wildman–Crippen MR) is 114 cm³/mol. The van der Waals surface area contributed by atoms with Crippen LogP contribution in [0.25, 0.3) is 0 Å². The van der Waals surface area contributed by atoms with Crippen LogP contribution in [0.1, 0.15) is 18.1 Å². The lowest BCUT2D eigenvalue weighted by molar-refractivity contribution is -0.117. The molecule has 1 heterocycles.